The third-order valence-electron chi connectivity index (χ3n) is 3.80. The number of benzene rings is 1. The van der Waals surface area contributed by atoms with Gasteiger partial charge < -0.3 is 10.6 Å². The molecule has 0 fully saturated rings. The fourth-order valence-electron chi connectivity index (χ4n) is 2.64. The van der Waals surface area contributed by atoms with Gasteiger partial charge in [-0.25, -0.2) is 0 Å². The maximum atomic E-state index is 12.6. The van der Waals surface area contributed by atoms with E-state index < -0.39 is 0 Å². The van der Waals surface area contributed by atoms with Crippen molar-refractivity contribution in [3.63, 3.8) is 0 Å². The van der Waals surface area contributed by atoms with E-state index in [1.165, 1.54) is 6.92 Å². The van der Waals surface area contributed by atoms with E-state index >= 15 is 0 Å². The summed E-state index contributed by atoms with van der Waals surface area (Å²) in [7, 11) is 0. The molecule has 2 amide bonds. The average molecular weight is 344 g/mol. The summed E-state index contributed by atoms with van der Waals surface area (Å²) in [6.45, 7) is 5.65. The molecule has 0 bridgehead atoms. The Kier molecular flexibility index (Phi) is 6.55. The first-order valence-electron chi connectivity index (χ1n) is 8.12. The number of amides is 2. The van der Waals surface area contributed by atoms with Crippen LogP contribution in [0.3, 0.4) is 0 Å². The molecule has 0 spiro atoms. The van der Waals surface area contributed by atoms with Crippen LogP contribution in [-0.4, -0.2) is 11.8 Å². The first-order valence-corrected chi connectivity index (χ1v) is 9.00. The van der Waals surface area contributed by atoms with Gasteiger partial charge in [0.15, 0.2) is 0 Å². The molecule has 0 unspecified atom stereocenters. The van der Waals surface area contributed by atoms with Gasteiger partial charge in [0.2, 0.25) is 11.8 Å². The number of carbonyl (C=O) groups is 2. The predicted octanol–water partition coefficient (Wildman–Crippen LogP) is 3.83. The molecule has 0 saturated carbocycles. The van der Waals surface area contributed by atoms with E-state index in [1.54, 1.807) is 11.3 Å². The molecule has 128 valence electrons. The van der Waals surface area contributed by atoms with Crippen LogP contribution >= 0.6 is 11.3 Å². The molecule has 1 heterocycles. The van der Waals surface area contributed by atoms with Gasteiger partial charge in [0.1, 0.15) is 0 Å². The number of carbonyl (C=O) groups excluding carboxylic acids is 2. The van der Waals surface area contributed by atoms with Crippen molar-refractivity contribution in [2.24, 2.45) is 5.92 Å². The molecule has 0 radical (unpaired) electrons. The molecule has 1 aromatic heterocycles. The van der Waals surface area contributed by atoms with Crippen molar-refractivity contribution < 1.29 is 9.59 Å². The number of rotatable bonds is 7. The smallest absolute Gasteiger partial charge is 0.222 e. The predicted molar refractivity (Wildman–Crippen MR) is 97.7 cm³/mol. The van der Waals surface area contributed by atoms with Gasteiger partial charge in [0.05, 0.1) is 18.5 Å². The highest BCUT2D eigenvalue weighted by molar-refractivity contribution is 7.10. The van der Waals surface area contributed by atoms with E-state index in [1.807, 2.05) is 47.8 Å². The minimum absolute atomic E-state index is 0.00810. The highest BCUT2D eigenvalue weighted by atomic mass is 32.1. The molecule has 4 nitrogen and oxygen atoms in total. The van der Waals surface area contributed by atoms with Crippen molar-refractivity contribution >= 4 is 23.2 Å². The minimum Gasteiger partial charge on any atom is -0.349 e. The lowest BCUT2D eigenvalue weighted by atomic mass is 10.0. The lowest BCUT2D eigenvalue weighted by Crippen LogP contribution is -2.35. The third-order valence-corrected chi connectivity index (χ3v) is 4.76. The van der Waals surface area contributed by atoms with Gasteiger partial charge in [-0.05, 0) is 22.9 Å². The van der Waals surface area contributed by atoms with Gasteiger partial charge in [-0.15, -0.1) is 11.3 Å². The molecular weight excluding hydrogens is 320 g/mol. The second kappa shape index (κ2) is 8.64. The van der Waals surface area contributed by atoms with Crippen molar-refractivity contribution in [3.8, 4) is 0 Å². The second-order valence-corrected chi connectivity index (χ2v) is 7.15. The van der Waals surface area contributed by atoms with Crippen LogP contribution in [0.5, 0.6) is 0 Å². The molecule has 2 atom stereocenters. The van der Waals surface area contributed by atoms with E-state index in [2.05, 4.69) is 24.5 Å². The summed E-state index contributed by atoms with van der Waals surface area (Å²) < 4.78 is 0. The van der Waals surface area contributed by atoms with Gasteiger partial charge >= 0.3 is 0 Å². The minimum atomic E-state index is -0.320. The molecule has 0 aliphatic heterocycles. The van der Waals surface area contributed by atoms with Crippen molar-refractivity contribution in [1.29, 1.82) is 0 Å². The molecule has 2 rings (SSSR count). The van der Waals surface area contributed by atoms with E-state index in [0.29, 0.717) is 5.92 Å². The Balaban J connectivity index is 2.08. The van der Waals surface area contributed by atoms with E-state index in [0.717, 1.165) is 10.4 Å². The highest BCUT2D eigenvalue weighted by Gasteiger charge is 2.22. The van der Waals surface area contributed by atoms with Gasteiger partial charge in [-0.2, -0.15) is 0 Å². The van der Waals surface area contributed by atoms with Crippen molar-refractivity contribution in [2.75, 3.05) is 0 Å². The number of hydrogen-bond donors (Lipinski definition) is 2. The molecule has 0 saturated heterocycles. The second-order valence-electron chi connectivity index (χ2n) is 6.17. The molecule has 2 N–H and O–H groups in total. The van der Waals surface area contributed by atoms with E-state index in [-0.39, 0.29) is 30.3 Å². The fraction of sp³-hybridized carbons (Fsp3) is 0.368. The maximum absolute atomic E-state index is 12.6. The summed E-state index contributed by atoms with van der Waals surface area (Å²) >= 11 is 1.64. The summed E-state index contributed by atoms with van der Waals surface area (Å²) in [5.74, 6) is 0.0866. The monoisotopic (exact) mass is 344 g/mol. The Bertz CT molecular complexity index is 653. The van der Waals surface area contributed by atoms with Gasteiger partial charge in [0, 0.05) is 11.8 Å². The summed E-state index contributed by atoms with van der Waals surface area (Å²) in [5, 5.41) is 7.99. The maximum Gasteiger partial charge on any atom is 0.222 e. The topological polar surface area (TPSA) is 58.2 Å². The van der Waals surface area contributed by atoms with Crippen LogP contribution in [0.2, 0.25) is 0 Å². The average Bonchev–Trinajstić information content (AvgIpc) is 3.06. The zero-order chi connectivity index (χ0) is 17.5. The van der Waals surface area contributed by atoms with Crippen LogP contribution in [0.1, 0.15) is 49.7 Å². The van der Waals surface area contributed by atoms with Gasteiger partial charge in [-0.3, -0.25) is 9.59 Å². The zero-order valence-electron chi connectivity index (χ0n) is 14.3. The Hall–Kier alpha value is -2.14. The Morgan fingerprint density at radius 1 is 1.04 bits per heavy atom. The molecule has 5 heteroatoms. The summed E-state index contributed by atoms with van der Waals surface area (Å²) in [4.78, 5) is 25.2. The van der Waals surface area contributed by atoms with Crippen LogP contribution in [0.25, 0.3) is 0 Å². The third kappa shape index (κ3) is 5.20. The van der Waals surface area contributed by atoms with Crippen molar-refractivity contribution in [2.45, 2.75) is 39.3 Å². The van der Waals surface area contributed by atoms with Crippen LogP contribution in [0, 0.1) is 5.92 Å². The van der Waals surface area contributed by atoms with Crippen molar-refractivity contribution in [1.82, 2.24) is 10.6 Å². The SMILES string of the molecule is CC(=O)N[C@H](CC(=O)N[C@H](c1cccs1)C(C)C)c1ccccc1. The summed E-state index contributed by atoms with van der Waals surface area (Å²) in [6, 6.07) is 13.3. The summed E-state index contributed by atoms with van der Waals surface area (Å²) in [6.07, 6.45) is 0.220. The highest BCUT2D eigenvalue weighted by Crippen LogP contribution is 2.26. The number of nitrogens with one attached hydrogen (secondary N) is 2. The Morgan fingerprint density at radius 3 is 2.29 bits per heavy atom. The molecular formula is C19H24N2O2S. The van der Waals surface area contributed by atoms with E-state index in [4.69, 9.17) is 0 Å². The number of thiophene rings is 1. The van der Waals surface area contributed by atoms with E-state index in [9.17, 15) is 9.59 Å². The zero-order valence-corrected chi connectivity index (χ0v) is 15.1. The molecule has 1 aromatic carbocycles. The van der Waals surface area contributed by atoms with Crippen LogP contribution in [0.15, 0.2) is 47.8 Å². The molecule has 2 aromatic rings. The number of hydrogen-bond acceptors (Lipinski definition) is 3. The summed E-state index contributed by atoms with van der Waals surface area (Å²) in [5.41, 5.74) is 0.931. The van der Waals surface area contributed by atoms with Gasteiger partial charge in [-0.1, -0.05) is 50.2 Å². The first-order chi connectivity index (χ1) is 11.5. The largest absolute Gasteiger partial charge is 0.349 e. The Morgan fingerprint density at radius 2 is 1.75 bits per heavy atom. The van der Waals surface area contributed by atoms with Gasteiger partial charge in [0.25, 0.3) is 0 Å². The van der Waals surface area contributed by atoms with Crippen molar-refractivity contribution in [3.05, 3.63) is 58.3 Å². The normalized spacial score (nSPS) is 13.3. The lowest BCUT2D eigenvalue weighted by molar-refractivity contribution is -0.123. The quantitative estimate of drug-likeness (QED) is 0.802. The Labute approximate surface area is 147 Å². The fourth-order valence-corrected chi connectivity index (χ4v) is 3.58. The first kappa shape index (κ1) is 18.2. The molecule has 0 aliphatic carbocycles. The van der Waals surface area contributed by atoms with Crippen LogP contribution < -0.4 is 10.6 Å². The lowest BCUT2D eigenvalue weighted by Gasteiger charge is -2.23. The van der Waals surface area contributed by atoms with Crippen LogP contribution in [-0.2, 0) is 9.59 Å². The van der Waals surface area contributed by atoms with Crippen LogP contribution in [0.4, 0.5) is 0 Å². The molecule has 0 aliphatic rings. The molecule has 24 heavy (non-hydrogen) atoms. The standard InChI is InChI=1S/C19H24N2O2S/c1-13(2)19(17-10-7-11-24-17)21-18(23)12-16(20-14(3)22)15-8-5-4-6-9-15/h4-11,13,16,19H,12H2,1-3H3,(H,20,22)(H,21,23)/t16-,19+/m1/s1.